The number of aryl methyl sites for hydroxylation is 1. The van der Waals surface area contributed by atoms with Gasteiger partial charge in [0.15, 0.2) is 9.84 Å². The molecule has 3 aromatic rings. The van der Waals surface area contributed by atoms with Gasteiger partial charge in [-0.3, -0.25) is 9.59 Å². The average molecular weight is 485 g/mol. The van der Waals surface area contributed by atoms with Crippen LogP contribution in [0.15, 0.2) is 54.6 Å². The Labute approximate surface area is 196 Å². The second kappa shape index (κ2) is 9.80. The number of aromatic nitrogens is 2. The Balaban J connectivity index is 1.31. The number of benzene rings is 2. The van der Waals surface area contributed by atoms with E-state index in [0.29, 0.717) is 28.7 Å². The van der Waals surface area contributed by atoms with Gasteiger partial charge < -0.3 is 10.2 Å². The Bertz CT molecular complexity index is 1240. The summed E-state index contributed by atoms with van der Waals surface area (Å²) in [5.74, 6) is -0.862. The van der Waals surface area contributed by atoms with Crippen LogP contribution in [-0.4, -0.2) is 42.7 Å². The lowest BCUT2D eigenvalue weighted by Gasteiger charge is -2.16. The zero-order valence-corrected chi connectivity index (χ0v) is 19.7. The third-order valence-corrected chi connectivity index (χ3v) is 7.98. The number of carbonyl (C=O) groups is 2. The summed E-state index contributed by atoms with van der Waals surface area (Å²) in [6.07, 6.45) is 0.168. The number of hydrogen-bond donors (Lipinski definition) is 1. The van der Waals surface area contributed by atoms with Crippen LogP contribution in [0.5, 0.6) is 0 Å². The molecule has 0 saturated carbocycles. The first-order valence-electron chi connectivity index (χ1n) is 10.5. The molecule has 33 heavy (non-hydrogen) atoms. The van der Waals surface area contributed by atoms with E-state index >= 15 is 0 Å². The summed E-state index contributed by atoms with van der Waals surface area (Å²) in [5.41, 5.74) is 2.67. The molecule has 1 atom stereocenters. The lowest BCUT2D eigenvalue weighted by Crippen LogP contribution is -2.24. The molecule has 1 aromatic heterocycles. The van der Waals surface area contributed by atoms with Crippen molar-refractivity contribution in [3.8, 4) is 0 Å². The van der Waals surface area contributed by atoms with Gasteiger partial charge in [0, 0.05) is 31.0 Å². The lowest BCUT2D eigenvalue weighted by molar-refractivity contribution is -0.117. The Morgan fingerprint density at radius 3 is 2.58 bits per heavy atom. The molecular weight excluding hydrogens is 460 g/mol. The molecule has 2 aromatic carbocycles. The van der Waals surface area contributed by atoms with E-state index in [0.717, 1.165) is 11.3 Å². The minimum Gasteiger partial charge on any atom is -0.312 e. The summed E-state index contributed by atoms with van der Waals surface area (Å²) < 4.78 is 24.6. The fourth-order valence-corrected chi connectivity index (χ4v) is 5.82. The summed E-state index contributed by atoms with van der Waals surface area (Å²) in [5, 5.41) is 11.8. The highest BCUT2D eigenvalue weighted by atomic mass is 32.2. The second-order valence-corrected chi connectivity index (χ2v) is 11.3. The molecule has 2 heterocycles. The van der Waals surface area contributed by atoms with Gasteiger partial charge in [-0.15, -0.1) is 10.2 Å². The summed E-state index contributed by atoms with van der Waals surface area (Å²) in [4.78, 5) is 26.5. The van der Waals surface area contributed by atoms with Gasteiger partial charge in [-0.2, -0.15) is 0 Å². The Kier molecular flexibility index (Phi) is 6.85. The van der Waals surface area contributed by atoms with E-state index < -0.39 is 15.7 Å². The average Bonchev–Trinajstić information content (AvgIpc) is 3.40. The SMILES string of the molecule is Cc1ccc(N2C[C@H](c3nnc(NC(=O)CCS(=O)(=O)Cc4ccccc4)s3)CC2=O)cc1. The maximum Gasteiger partial charge on any atom is 0.227 e. The molecule has 1 fully saturated rings. The van der Waals surface area contributed by atoms with Crippen molar-refractivity contribution >= 4 is 43.8 Å². The zero-order chi connectivity index (χ0) is 23.4. The van der Waals surface area contributed by atoms with Crippen molar-refractivity contribution in [2.45, 2.75) is 31.4 Å². The number of rotatable bonds is 8. The molecule has 1 N–H and O–H groups in total. The quantitative estimate of drug-likeness (QED) is 0.525. The summed E-state index contributed by atoms with van der Waals surface area (Å²) >= 11 is 1.21. The van der Waals surface area contributed by atoms with Crippen molar-refractivity contribution < 1.29 is 18.0 Å². The number of carbonyl (C=O) groups excluding carboxylic acids is 2. The van der Waals surface area contributed by atoms with Crippen LogP contribution in [0.3, 0.4) is 0 Å². The van der Waals surface area contributed by atoms with Gasteiger partial charge in [0.25, 0.3) is 0 Å². The second-order valence-electron chi connectivity index (χ2n) is 8.06. The van der Waals surface area contributed by atoms with Crippen molar-refractivity contribution in [2.75, 3.05) is 22.5 Å². The number of nitrogens with one attached hydrogen (secondary N) is 1. The molecule has 10 heteroatoms. The molecule has 4 rings (SSSR count). The van der Waals surface area contributed by atoms with Gasteiger partial charge in [-0.25, -0.2) is 8.42 Å². The number of amides is 2. The first-order chi connectivity index (χ1) is 15.8. The zero-order valence-electron chi connectivity index (χ0n) is 18.1. The van der Waals surface area contributed by atoms with Gasteiger partial charge in [-0.05, 0) is 24.6 Å². The van der Waals surface area contributed by atoms with E-state index in [2.05, 4.69) is 15.5 Å². The van der Waals surface area contributed by atoms with Crippen LogP contribution in [0.1, 0.15) is 34.9 Å². The van der Waals surface area contributed by atoms with Gasteiger partial charge in [-0.1, -0.05) is 59.4 Å². The molecular formula is C23H24N4O4S2. The van der Waals surface area contributed by atoms with E-state index in [1.165, 1.54) is 11.3 Å². The summed E-state index contributed by atoms with van der Waals surface area (Å²) in [7, 11) is -3.41. The van der Waals surface area contributed by atoms with Gasteiger partial charge in [0.1, 0.15) is 5.01 Å². The van der Waals surface area contributed by atoms with E-state index in [1.54, 1.807) is 29.2 Å². The van der Waals surface area contributed by atoms with Crippen LogP contribution >= 0.6 is 11.3 Å². The van der Waals surface area contributed by atoms with Crippen molar-refractivity contribution in [3.05, 3.63) is 70.7 Å². The highest BCUT2D eigenvalue weighted by molar-refractivity contribution is 7.90. The van der Waals surface area contributed by atoms with E-state index in [1.807, 2.05) is 37.3 Å². The number of nitrogens with zero attached hydrogens (tertiary/aromatic N) is 3. The maximum absolute atomic E-state index is 12.5. The number of sulfone groups is 1. The molecule has 1 aliphatic heterocycles. The van der Waals surface area contributed by atoms with E-state index in [4.69, 9.17) is 0 Å². The lowest BCUT2D eigenvalue weighted by atomic mass is 10.1. The predicted octanol–water partition coefficient (Wildman–Crippen LogP) is 3.31. The largest absolute Gasteiger partial charge is 0.312 e. The van der Waals surface area contributed by atoms with Crippen molar-refractivity contribution in [1.29, 1.82) is 0 Å². The molecule has 0 bridgehead atoms. The van der Waals surface area contributed by atoms with Crippen molar-refractivity contribution in [3.63, 3.8) is 0 Å². The third kappa shape index (κ3) is 6.02. The van der Waals surface area contributed by atoms with Crippen molar-refractivity contribution in [2.24, 2.45) is 0 Å². The minimum absolute atomic E-state index is 0.0215. The maximum atomic E-state index is 12.5. The van der Waals surface area contributed by atoms with E-state index in [9.17, 15) is 18.0 Å². The Morgan fingerprint density at radius 1 is 1.12 bits per heavy atom. The molecule has 1 saturated heterocycles. The first-order valence-corrected chi connectivity index (χ1v) is 13.2. The smallest absolute Gasteiger partial charge is 0.227 e. The predicted molar refractivity (Wildman–Crippen MR) is 128 cm³/mol. The molecule has 0 radical (unpaired) electrons. The van der Waals surface area contributed by atoms with Crippen LogP contribution in [0.25, 0.3) is 0 Å². The minimum atomic E-state index is -3.41. The fourth-order valence-electron chi connectivity index (χ4n) is 3.63. The normalized spacial score (nSPS) is 16.2. The number of hydrogen-bond acceptors (Lipinski definition) is 7. The molecule has 8 nitrogen and oxygen atoms in total. The van der Waals surface area contributed by atoms with E-state index in [-0.39, 0.29) is 29.8 Å². The molecule has 0 aliphatic carbocycles. The number of anilines is 2. The topological polar surface area (TPSA) is 109 Å². The standard InChI is InChI=1S/C23H24N4O4S2/c1-16-7-9-19(10-8-16)27-14-18(13-21(27)29)22-25-26-23(32-22)24-20(28)11-12-33(30,31)15-17-5-3-2-4-6-17/h2-10,18H,11-15H2,1H3,(H,24,26,28)/t18-/m1/s1. The summed E-state index contributed by atoms with van der Waals surface area (Å²) in [6.45, 7) is 2.50. The highest BCUT2D eigenvalue weighted by Gasteiger charge is 2.34. The van der Waals surface area contributed by atoms with Crippen molar-refractivity contribution in [1.82, 2.24) is 10.2 Å². The van der Waals surface area contributed by atoms with Crippen LogP contribution in [0.4, 0.5) is 10.8 Å². The van der Waals surface area contributed by atoms with Gasteiger partial charge >= 0.3 is 0 Å². The van der Waals surface area contributed by atoms with Crippen LogP contribution < -0.4 is 10.2 Å². The Morgan fingerprint density at radius 2 is 1.85 bits per heavy atom. The third-order valence-electron chi connectivity index (χ3n) is 5.38. The van der Waals surface area contributed by atoms with Gasteiger partial charge in [0.2, 0.25) is 16.9 Å². The van der Waals surface area contributed by atoms with Crippen LogP contribution in [-0.2, 0) is 25.2 Å². The molecule has 172 valence electrons. The van der Waals surface area contributed by atoms with Gasteiger partial charge in [0.05, 0.1) is 11.5 Å². The molecule has 0 unspecified atom stereocenters. The van der Waals surface area contributed by atoms with Crippen LogP contribution in [0, 0.1) is 6.92 Å². The molecule has 0 spiro atoms. The molecule has 2 amide bonds. The molecule has 1 aliphatic rings. The fraction of sp³-hybridized carbons (Fsp3) is 0.304. The first kappa shape index (κ1) is 23.1. The highest BCUT2D eigenvalue weighted by Crippen LogP contribution is 2.34. The monoisotopic (exact) mass is 484 g/mol. The summed E-state index contributed by atoms with van der Waals surface area (Å²) in [6, 6.07) is 16.7. The Hall–Kier alpha value is -3.11. The van der Waals surface area contributed by atoms with Crippen LogP contribution in [0.2, 0.25) is 0 Å².